The quantitative estimate of drug-likeness (QED) is 0.0618. The molecule has 5 aromatic rings. The Kier molecular flexibility index (Phi) is 9.05. The van der Waals surface area contributed by atoms with Crippen molar-refractivity contribution in [1.82, 2.24) is 14.8 Å². The van der Waals surface area contributed by atoms with E-state index in [1.54, 1.807) is 39.1 Å². The van der Waals surface area contributed by atoms with Gasteiger partial charge in [-0.15, -0.1) is 0 Å². The number of hydrogen-bond donors (Lipinski definition) is 1. The average molecular weight is 700 g/mol. The zero-order chi connectivity index (χ0) is 34.5. The van der Waals surface area contributed by atoms with Crippen LogP contribution in [0.4, 0.5) is 22.0 Å². The summed E-state index contributed by atoms with van der Waals surface area (Å²) in [6.45, 7) is 6.48. The molecular formula is C30H23ClF5N3O7S. The van der Waals surface area contributed by atoms with E-state index >= 15 is 0 Å². The molecule has 17 heteroatoms. The van der Waals surface area contributed by atoms with E-state index in [0.717, 1.165) is 12.1 Å². The van der Waals surface area contributed by atoms with Gasteiger partial charge in [0.15, 0.2) is 11.2 Å². The summed E-state index contributed by atoms with van der Waals surface area (Å²) in [5, 5.41) is 12.5. The Bertz CT molecular complexity index is 2200. The molecule has 3 aromatic heterocycles. The summed E-state index contributed by atoms with van der Waals surface area (Å²) >= 11 is 5.87. The number of halogens is 6. The van der Waals surface area contributed by atoms with Crippen molar-refractivity contribution in [2.75, 3.05) is 0 Å². The van der Waals surface area contributed by atoms with Crippen LogP contribution in [-0.4, -0.2) is 34.4 Å². The van der Waals surface area contributed by atoms with Crippen molar-refractivity contribution in [3.8, 4) is 22.8 Å². The maximum absolute atomic E-state index is 14.3. The van der Waals surface area contributed by atoms with E-state index in [-0.39, 0.29) is 39.8 Å². The first kappa shape index (κ1) is 33.8. The fourth-order valence-electron chi connectivity index (χ4n) is 4.73. The third-order valence-electron chi connectivity index (χ3n) is 6.87. The highest BCUT2D eigenvalue weighted by molar-refractivity contribution is 7.87. The highest BCUT2D eigenvalue weighted by Crippen LogP contribution is 2.37. The Balaban J connectivity index is 1.58. The molecule has 1 N–H and O–H groups in total. The molecule has 0 aliphatic carbocycles. The molecule has 3 heterocycles. The molecule has 0 aliphatic heterocycles. The van der Waals surface area contributed by atoms with E-state index in [4.69, 9.17) is 20.8 Å². The van der Waals surface area contributed by atoms with Crippen molar-refractivity contribution >= 4 is 32.7 Å². The highest BCUT2D eigenvalue weighted by Gasteiger charge is 2.34. The Labute approximate surface area is 268 Å². The molecule has 0 spiro atoms. The molecule has 0 radical (unpaired) electrons. The number of nitrogens with zero attached hydrogens (tertiary/aromatic N) is 3. The van der Waals surface area contributed by atoms with Crippen molar-refractivity contribution < 1.29 is 48.8 Å². The van der Waals surface area contributed by atoms with Crippen LogP contribution in [0.2, 0.25) is 5.15 Å². The standard InChI is InChI=1S/C30H23ClF5N3O7S/c1-12-7-17(28-18(8-12)26(41)14(3)27(45-28)16-9-37-39(11-16)10-13(2)40)15(4)44-19-5-6-20(31)38-30(19)47(42,43)46-29-24(35)22(33)21(32)23(34)25(29)36/h5-9,11,13,15,40H,10H2,1-4H3/t13-,15-/m1/s1. The molecule has 47 heavy (non-hydrogen) atoms. The Hall–Kier alpha value is -4.54. The van der Waals surface area contributed by atoms with E-state index in [1.807, 2.05) is 0 Å². The Morgan fingerprint density at radius 3 is 2.30 bits per heavy atom. The number of benzene rings is 2. The van der Waals surface area contributed by atoms with Crippen molar-refractivity contribution in [2.45, 2.75) is 51.5 Å². The normalized spacial score (nSPS) is 13.2. The molecule has 0 saturated heterocycles. The monoisotopic (exact) mass is 699 g/mol. The summed E-state index contributed by atoms with van der Waals surface area (Å²) in [5.41, 5.74) is 1.25. The van der Waals surface area contributed by atoms with E-state index in [9.17, 15) is 40.3 Å². The molecular weight excluding hydrogens is 677 g/mol. The lowest BCUT2D eigenvalue weighted by molar-refractivity contribution is 0.168. The van der Waals surface area contributed by atoms with Gasteiger partial charge in [0.05, 0.1) is 29.8 Å². The molecule has 5 rings (SSSR count). The second-order valence-electron chi connectivity index (χ2n) is 10.6. The highest BCUT2D eigenvalue weighted by atomic mass is 35.5. The van der Waals surface area contributed by atoms with Crippen molar-refractivity contribution in [3.05, 3.63) is 97.8 Å². The molecule has 0 amide bonds. The van der Waals surface area contributed by atoms with Gasteiger partial charge in [-0.05, 0) is 57.5 Å². The minimum absolute atomic E-state index is 0.0703. The van der Waals surface area contributed by atoms with Gasteiger partial charge in [-0.1, -0.05) is 11.6 Å². The van der Waals surface area contributed by atoms with Crippen LogP contribution in [0.25, 0.3) is 22.3 Å². The van der Waals surface area contributed by atoms with Crippen LogP contribution in [0.1, 0.15) is 36.6 Å². The number of hydrogen-bond acceptors (Lipinski definition) is 9. The molecule has 0 fully saturated rings. The van der Waals surface area contributed by atoms with Gasteiger partial charge in [-0.3, -0.25) is 9.48 Å². The van der Waals surface area contributed by atoms with Crippen molar-refractivity contribution in [1.29, 1.82) is 0 Å². The van der Waals surface area contributed by atoms with Gasteiger partial charge >= 0.3 is 10.1 Å². The molecule has 0 unspecified atom stereocenters. The molecule has 10 nitrogen and oxygen atoms in total. The molecule has 2 aromatic carbocycles. The second kappa shape index (κ2) is 12.6. The molecule has 2 atom stereocenters. The number of pyridine rings is 1. The van der Waals surface area contributed by atoms with Gasteiger partial charge in [0.1, 0.15) is 22.6 Å². The Morgan fingerprint density at radius 2 is 1.66 bits per heavy atom. The van der Waals surface area contributed by atoms with Crippen molar-refractivity contribution in [2.24, 2.45) is 0 Å². The molecule has 0 aliphatic rings. The first-order valence-electron chi connectivity index (χ1n) is 13.6. The van der Waals surface area contributed by atoms with Gasteiger partial charge in [0, 0.05) is 17.3 Å². The number of aliphatic hydroxyl groups excluding tert-OH is 1. The number of ether oxygens (including phenoxy) is 1. The van der Waals surface area contributed by atoms with Crippen LogP contribution < -0.4 is 14.3 Å². The third kappa shape index (κ3) is 6.40. The topological polar surface area (TPSA) is 134 Å². The predicted molar refractivity (Wildman–Crippen MR) is 157 cm³/mol. The summed E-state index contributed by atoms with van der Waals surface area (Å²) in [6, 6.07) is 5.33. The SMILES string of the molecule is Cc1cc([C@@H](C)Oc2ccc(Cl)nc2S(=O)(=O)Oc2c(F)c(F)c(F)c(F)c2F)c2oc(-c3cnn(C[C@@H](C)O)c3)c(C)c(=O)c2c1. The summed E-state index contributed by atoms with van der Waals surface area (Å²) < 4.78 is 114. The summed E-state index contributed by atoms with van der Waals surface area (Å²) in [4.78, 5) is 17.1. The first-order chi connectivity index (χ1) is 22.0. The van der Waals surface area contributed by atoms with Crippen LogP contribution in [0.5, 0.6) is 11.5 Å². The van der Waals surface area contributed by atoms with Crippen LogP contribution in [0, 0.1) is 42.9 Å². The molecule has 248 valence electrons. The van der Waals surface area contributed by atoms with Crippen LogP contribution >= 0.6 is 11.6 Å². The predicted octanol–water partition coefficient (Wildman–Crippen LogP) is 6.31. The lowest BCUT2D eigenvalue weighted by atomic mass is 10.0. The zero-order valence-corrected chi connectivity index (χ0v) is 26.3. The average Bonchev–Trinajstić information content (AvgIpc) is 3.47. The minimum atomic E-state index is -5.45. The van der Waals surface area contributed by atoms with E-state index in [2.05, 4.69) is 14.3 Å². The lowest BCUT2D eigenvalue weighted by Gasteiger charge is -2.19. The number of aromatic nitrogens is 3. The Morgan fingerprint density at radius 1 is 1.02 bits per heavy atom. The number of aryl methyl sites for hydroxylation is 1. The lowest BCUT2D eigenvalue weighted by Crippen LogP contribution is -2.18. The number of fused-ring (bicyclic) bond motifs is 1. The molecule has 0 saturated carbocycles. The zero-order valence-electron chi connectivity index (χ0n) is 24.7. The maximum Gasteiger partial charge on any atom is 0.360 e. The van der Waals surface area contributed by atoms with Gasteiger partial charge in [0.25, 0.3) is 0 Å². The summed E-state index contributed by atoms with van der Waals surface area (Å²) in [7, 11) is -5.45. The van der Waals surface area contributed by atoms with E-state index in [0.29, 0.717) is 11.1 Å². The fourth-order valence-corrected chi connectivity index (χ4v) is 5.95. The van der Waals surface area contributed by atoms with E-state index in [1.165, 1.54) is 17.8 Å². The summed E-state index contributed by atoms with van der Waals surface area (Å²) in [6.07, 6.45) is 1.21. The van der Waals surface area contributed by atoms with Crippen LogP contribution in [0.15, 0.2) is 50.9 Å². The van der Waals surface area contributed by atoms with Gasteiger partial charge in [0.2, 0.25) is 39.9 Å². The van der Waals surface area contributed by atoms with Gasteiger partial charge < -0.3 is 18.4 Å². The van der Waals surface area contributed by atoms with Crippen LogP contribution in [0.3, 0.4) is 0 Å². The largest absolute Gasteiger partial charge is 0.483 e. The maximum atomic E-state index is 14.3. The first-order valence-corrected chi connectivity index (χ1v) is 15.4. The van der Waals surface area contributed by atoms with Crippen LogP contribution in [-0.2, 0) is 16.7 Å². The van der Waals surface area contributed by atoms with Gasteiger partial charge in [-0.2, -0.15) is 22.3 Å². The van der Waals surface area contributed by atoms with Crippen molar-refractivity contribution in [3.63, 3.8) is 0 Å². The fraction of sp³-hybridized carbons (Fsp3) is 0.233. The third-order valence-corrected chi connectivity index (χ3v) is 8.23. The molecule has 0 bridgehead atoms. The smallest absolute Gasteiger partial charge is 0.360 e. The number of rotatable bonds is 9. The summed E-state index contributed by atoms with van der Waals surface area (Å²) in [5.74, 6) is -15.0. The van der Waals surface area contributed by atoms with Gasteiger partial charge in [-0.25, -0.2) is 18.2 Å². The second-order valence-corrected chi connectivity index (χ2v) is 12.4. The van der Waals surface area contributed by atoms with E-state index < -0.39 is 73.1 Å². The number of aliphatic hydroxyl groups is 1. The minimum Gasteiger partial charge on any atom is -0.483 e.